The molecule has 86 valence electrons. The molecule has 16 heavy (non-hydrogen) atoms. The summed E-state index contributed by atoms with van der Waals surface area (Å²) in [5.41, 5.74) is 1.25. The van der Waals surface area contributed by atoms with Gasteiger partial charge < -0.3 is 4.74 Å². The van der Waals surface area contributed by atoms with Gasteiger partial charge in [0, 0.05) is 12.1 Å². The van der Waals surface area contributed by atoms with Crippen LogP contribution in [-0.4, -0.2) is 20.1 Å². The number of rotatable bonds is 2. The zero-order chi connectivity index (χ0) is 11.6. The van der Waals surface area contributed by atoms with Gasteiger partial charge in [0.05, 0.1) is 12.5 Å². The number of methoxy groups -OCH3 is 1. The zero-order valence-corrected chi connectivity index (χ0v) is 10.4. The third-order valence-electron chi connectivity index (χ3n) is 3.41. The van der Waals surface area contributed by atoms with Crippen LogP contribution in [0.25, 0.3) is 0 Å². The molecule has 0 unspecified atom stereocenters. The summed E-state index contributed by atoms with van der Waals surface area (Å²) in [6.45, 7) is 0. The molecule has 1 saturated carbocycles. The predicted molar refractivity (Wildman–Crippen MR) is 67.3 cm³/mol. The molecule has 1 aliphatic rings. The van der Waals surface area contributed by atoms with Gasteiger partial charge in [0.2, 0.25) is 0 Å². The van der Waals surface area contributed by atoms with Crippen LogP contribution in [0, 0.1) is 0 Å². The Kier molecular flexibility index (Phi) is 3.20. The minimum absolute atomic E-state index is 0.00586. The first kappa shape index (κ1) is 11.5. The lowest BCUT2D eigenvalue weighted by Crippen LogP contribution is -2.43. The molecule has 2 nitrogen and oxygen atoms in total. The van der Waals surface area contributed by atoms with Crippen LogP contribution in [0.15, 0.2) is 29.3 Å². The molecule has 0 atom stereocenters. The summed E-state index contributed by atoms with van der Waals surface area (Å²) in [6.07, 6.45) is 3.44. The Morgan fingerprint density at radius 2 is 1.94 bits per heavy atom. The van der Waals surface area contributed by atoms with Crippen molar-refractivity contribution in [3.8, 4) is 0 Å². The largest absolute Gasteiger partial charge is 0.484 e. The number of ether oxygens (including phenoxy) is 1. The monoisotopic (exact) mass is 237 g/mol. The van der Waals surface area contributed by atoms with Crippen molar-refractivity contribution in [1.29, 1.82) is 0 Å². The van der Waals surface area contributed by atoms with Crippen LogP contribution >= 0.6 is 11.6 Å². The second-order valence-electron chi connectivity index (χ2n) is 4.18. The van der Waals surface area contributed by atoms with E-state index in [9.17, 15) is 0 Å². The number of halogens is 1. The molecule has 0 aromatic heterocycles. The van der Waals surface area contributed by atoms with Gasteiger partial charge in [-0.3, -0.25) is 4.99 Å². The van der Waals surface area contributed by atoms with Gasteiger partial charge in [-0.25, -0.2) is 0 Å². The summed E-state index contributed by atoms with van der Waals surface area (Å²) in [5.74, 6) is 0.834. The molecule has 1 fully saturated rings. The fourth-order valence-electron chi connectivity index (χ4n) is 2.43. The van der Waals surface area contributed by atoms with Crippen molar-refractivity contribution in [3.05, 3.63) is 34.9 Å². The lowest BCUT2D eigenvalue weighted by atomic mass is 9.64. The van der Waals surface area contributed by atoms with Gasteiger partial charge in [-0.05, 0) is 30.5 Å². The number of aliphatic imine (C=N–C) groups is 1. The first-order chi connectivity index (χ1) is 7.73. The zero-order valence-electron chi connectivity index (χ0n) is 9.66. The van der Waals surface area contributed by atoms with E-state index in [4.69, 9.17) is 16.3 Å². The number of nitrogens with zero attached hydrogens (tertiary/aromatic N) is 1. The number of hydrogen-bond acceptors (Lipinski definition) is 2. The highest BCUT2D eigenvalue weighted by Gasteiger charge is 2.44. The van der Waals surface area contributed by atoms with E-state index in [-0.39, 0.29) is 5.41 Å². The van der Waals surface area contributed by atoms with Crippen LogP contribution in [0.1, 0.15) is 24.8 Å². The highest BCUT2D eigenvalue weighted by Crippen LogP contribution is 2.45. The molecule has 0 bridgehead atoms. The molecule has 0 N–H and O–H groups in total. The van der Waals surface area contributed by atoms with Crippen molar-refractivity contribution in [3.63, 3.8) is 0 Å². The summed E-state index contributed by atoms with van der Waals surface area (Å²) in [5, 5.41) is 0.769. The molecule has 0 aliphatic heterocycles. The minimum Gasteiger partial charge on any atom is -0.484 e. The Balaban J connectivity index is 2.38. The molecule has 0 amide bonds. The molecule has 1 aromatic rings. The molecular formula is C13H16ClNO. The standard InChI is InChI=1S/C13H16ClNO/c1-15-12(16-2)13(8-3-9-13)10-4-6-11(14)7-5-10/h4-7H,3,8-9H2,1-2H3/b15-12-. The highest BCUT2D eigenvalue weighted by atomic mass is 35.5. The number of hydrogen-bond donors (Lipinski definition) is 0. The average Bonchev–Trinajstić information content (AvgIpc) is 2.25. The van der Waals surface area contributed by atoms with Gasteiger partial charge in [-0.1, -0.05) is 30.2 Å². The third kappa shape index (κ3) is 1.71. The molecule has 0 spiro atoms. The maximum absolute atomic E-state index is 5.91. The van der Waals surface area contributed by atoms with Crippen molar-refractivity contribution >= 4 is 17.5 Å². The van der Waals surface area contributed by atoms with Crippen LogP contribution in [0.2, 0.25) is 5.02 Å². The summed E-state index contributed by atoms with van der Waals surface area (Å²) in [7, 11) is 3.48. The number of benzene rings is 1. The summed E-state index contributed by atoms with van der Waals surface area (Å²) >= 11 is 5.91. The van der Waals surface area contributed by atoms with E-state index in [0.29, 0.717) is 0 Å². The highest BCUT2D eigenvalue weighted by molar-refractivity contribution is 6.30. The summed E-state index contributed by atoms with van der Waals surface area (Å²) in [4.78, 5) is 4.26. The van der Waals surface area contributed by atoms with E-state index in [1.165, 1.54) is 12.0 Å². The molecule has 2 rings (SSSR count). The van der Waals surface area contributed by atoms with Crippen molar-refractivity contribution in [2.75, 3.05) is 14.2 Å². The Hall–Kier alpha value is -1.02. The van der Waals surface area contributed by atoms with Gasteiger partial charge in [-0.2, -0.15) is 0 Å². The Morgan fingerprint density at radius 1 is 1.31 bits per heavy atom. The predicted octanol–water partition coefficient (Wildman–Crippen LogP) is 3.44. The Labute approximate surface area is 101 Å². The van der Waals surface area contributed by atoms with Crippen LogP contribution in [0.4, 0.5) is 0 Å². The lowest BCUT2D eigenvalue weighted by molar-refractivity contribution is 0.261. The van der Waals surface area contributed by atoms with E-state index in [1.807, 2.05) is 12.1 Å². The maximum Gasteiger partial charge on any atom is 0.193 e. The van der Waals surface area contributed by atoms with Crippen molar-refractivity contribution in [2.45, 2.75) is 24.7 Å². The first-order valence-corrected chi connectivity index (χ1v) is 5.88. The summed E-state index contributed by atoms with van der Waals surface area (Å²) in [6, 6.07) is 8.01. The molecular weight excluding hydrogens is 222 g/mol. The topological polar surface area (TPSA) is 21.6 Å². The Morgan fingerprint density at radius 3 is 2.31 bits per heavy atom. The van der Waals surface area contributed by atoms with E-state index >= 15 is 0 Å². The van der Waals surface area contributed by atoms with Gasteiger partial charge in [0.1, 0.15) is 0 Å². The molecule has 1 aromatic carbocycles. The van der Waals surface area contributed by atoms with E-state index in [0.717, 1.165) is 23.8 Å². The molecule has 0 heterocycles. The summed E-state index contributed by atoms with van der Waals surface area (Å²) < 4.78 is 5.41. The van der Waals surface area contributed by atoms with Crippen molar-refractivity contribution < 1.29 is 4.74 Å². The normalized spacial score (nSPS) is 19.1. The second kappa shape index (κ2) is 4.46. The van der Waals surface area contributed by atoms with E-state index in [2.05, 4.69) is 17.1 Å². The van der Waals surface area contributed by atoms with Crippen molar-refractivity contribution in [2.24, 2.45) is 4.99 Å². The molecule has 0 radical (unpaired) electrons. The van der Waals surface area contributed by atoms with E-state index < -0.39 is 0 Å². The van der Waals surface area contributed by atoms with Crippen molar-refractivity contribution in [1.82, 2.24) is 0 Å². The maximum atomic E-state index is 5.91. The average molecular weight is 238 g/mol. The second-order valence-corrected chi connectivity index (χ2v) is 4.61. The van der Waals surface area contributed by atoms with Crippen LogP contribution in [-0.2, 0) is 10.2 Å². The fraction of sp³-hybridized carbons (Fsp3) is 0.462. The SMILES string of the molecule is C/N=C(\OC)C1(c2ccc(Cl)cc2)CCC1. The minimum atomic E-state index is -0.00586. The quantitative estimate of drug-likeness (QED) is 0.571. The van der Waals surface area contributed by atoms with Crippen LogP contribution < -0.4 is 0 Å². The van der Waals surface area contributed by atoms with Crippen LogP contribution in [0.3, 0.4) is 0 Å². The van der Waals surface area contributed by atoms with Crippen LogP contribution in [0.5, 0.6) is 0 Å². The fourth-order valence-corrected chi connectivity index (χ4v) is 2.55. The third-order valence-corrected chi connectivity index (χ3v) is 3.66. The first-order valence-electron chi connectivity index (χ1n) is 5.50. The lowest BCUT2D eigenvalue weighted by Gasteiger charge is -2.41. The molecule has 1 aliphatic carbocycles. The molecule has 3 heteroatoms. The van der Waals surface area contributed by atoms with Gasteiger partial charge in [-0.15, -0.1) is 0 Å². The Bertz CT molecular complexity index is 393. The molecule has 0 saturated heterocycles. The van der Waals surface area contributed by atoms with Gasteiger partial charge >= 0.3 is 0 Å². The van der Waals surface area contributed by atoms with E-state index in [1.54, 1.807) is 14.2 Å². The van der Waals surface area contributed by atoms with Gasteiger partial charge in [0.25, 0.3) is 0 Å². The van der Waals surface area contributed by atoms with Gasteiger partial charge in [0.15, 0.2) is 5.90 Å². The smallest absolute Gasteiger partial charge is 0.193 e.